The Hall–Kier alpha value is -4.58. The van der Waals surface area contributed by atoms with Crippen LogP contribution in [0.4, 0.5) is 18.9 Å². The summed E-state index contributed by atoms with van der Waals surface area (Å²) < 4.78 is 67.1. The number of aromatic nitrogens is 2. The first-order chi connectivity index (χ1) is 21.7. The number of carbonyl (C=O) groups is 1. The lowest BCUT2D eigenvalue weighted by Crippen LogP contribution is -2.14. The van der Waals surface area contributed by atoms with Crippen LogP contribution in [0.2, 0.25) is 10.0 Å². The van der Waals surface area contributed by atoms with Gasteiger partial charge in [-0.2, -0.15) is 13.2 Å². The molecule has 0 saturated carbocycles. The number of nitrogens with zero attached hydrogens (tertiary/aromatic N) is 2. The minimum absolute atomic E-state index is 0.0889. The average molecular weight is 687 g/mol. The summed E-state index contributed by atoms with van der Waals surface area (Å²) in [5.74, 6) is -0.737. The molecule has 0 aliphatic carbocycles. The summed E-state index contributed by atoms with van der Waals surface area (Å²) in [6, 6.07) is 21.3. The molecule has 0 saturated heterocycles. The zero-order chi connectivity index (χ0) is 33.2. The second kappa shape index (κ2) is 13.0. The van der Waals surface area contributed by atoms with Gasteiger partial charge in [0.2, 0.25) is 10.0 Å². The second-order valence-corrected chi connectivity index (χ2v) is 12.9. The van der Waals surface area contributed by atoms with Crippen LogP contribution in [0.3, 0.4) is 0 Å². The van der Waals surface area contributed by atoms with E-state index in [0.29, 0.717) is 38.3 Å². The van der Waals surface area contributed by atoms with Crippen molar-refractivity contribution in [1.82, 2.24) is 9.55 Å². The van der Waals surface area contributed by atoms with E-state index in [1.54, 1.807) is 53.2 Å². The van der Waals surface area contributed by atoms with Gasteiger partial charge in [-0.15, -0.1) is 0 Å². The van der Waals surface area contributed by atoms with Crippen LogP contribution in [0, 0.1) is 0 Å². The number of hydrogen-bond acceptors (Lipinski definition) is 4. The Morgan fingerprint density at radius 2 is 1.59 bits per heavy atom. The predicted molar refractivity (Wildman–Crippen MR) is 174 cm³/mol. The minimum Gasteiger partial charge on any atom is -0.478 e. The van der Waals surface area contributed by atoms with Gasteiger partial charge in [0.1, 0.15) is 5.82 Å². The van der Waals surface area contributed by atoms with Gasteiger partial charge in [-0.05, 0) is 70.8 Å². The van der Waals surface area contributed by atoms with Crippen molar-refractivity contribution in [3.05, 3.63) is 129 Å². The molecule has 1 heterocycles. The van der Waals surface area contributed by atoms with E-state index in [2.05, 4.69) is 4.72 Å². The van der Waals surface area contributed by atoms with Crippen molar-refractivity contribution in [1.29, 1.82) is 0 Å². The molecule has 5 rings (SSSR count). The molecule has 0 bridgehead atoms. The maximum atomic E-state index is 12.9. The molecule has 0 fully saturated rings. The van der Waals surface area contributed by atoms with Gasteiger partial charge in [0.05, 0.1) is 40.3 Å². The number of rotatable bonds is 9. The van der Waals surface area contributed by atoms with Gasteiger partial charge in [-0.1, -0.05) is 71.7 Å². The van der Waals surface area contributed by atoms with E-state index in [-0.39, 0.29) is 17.8 Å². The summed E-state index contributed by atoms with van der Waals surface area (Å²) in [5, 5.41) is 10.3. The Labute approximate surface area is 272 Å². The Morgan fingerprint density at radius 3 is 2.17 bits per heavy atom. The molecule has 0 aliphatic heterocycles. The third kappa shape index (κ3) is 7.97. The summed E-state index contributed by atoms with van der Waals surface area (Å²) in [4.78, 5) is 16.3. The van der Waals surface area contributed by atoms with Crippen molar-refractivity contribution in [2.75, 3.05) is 11.0 Å². The van der Waals surface area contributed by atoms with Crippen LogP contribution in [0.25, 0.3) is 34.5 Å². The summed E-state index contributed by atoms with van der Waals surface area (Å²) in [5.41, 5.74) is 3.06. The maximum absolute atomic E-state index is 12.9. The van der Waals surface area contributed by atoms with Gasteiger partial charge in [-0.25, -0.2) is 18.2 Å². The molecule has 0 amide bonds. The van der Waals surface area contributed by atoms with Crippen molar-refractivity contribution in [2.45, 2.75) is 12.7 Å². The highest BCUT2D eigenvalue weighted by atomic mass is 35.5. The molecule has 2 N–H and O–H groups in total. The topological polar surface area (TPSA) is 101 Å². The highest BCUT2D eigenvalue weighted by molar-refractivity contribution is 7.92. The molecule has 7 nitrogen and oxygen atoms in total. The molecule has 0 atom stereocenters. The lowest BCUT2D eigenvalue weighted by Gasteiger charge is -2.13. The van der Waals surface area contributed by atoms with E-state index in [1.807, 2.05) is 12.1 Å². The van der Waals surface area contributed by atoms with Crippen molar-refractivity contribution in [3.63, 3.8) is 0 Å². The Bertz CT molecular complexity index is 2060. The summed E-state index contributed by atoms with van der Waals surface area (Å²) in [6.07, 6.45) is 1.84. The first kappa shape index (κ1) is 32.8. The highest BCUT2D eigenvalue weighted by Gasteiger charge is 2.30. The van der Waals surface area contributed by atoms with Crippen molar-refractivity contribution < 1.29 is 31.5 Å². The third-order valence-electron chi connectivity index (χ3n) is 6.89. The number of benzene rings is 4. The first-order valence-electron chi connectivity index (χ1n) is 13.5. The number of sulfonamides is 1. The molecule has 0 radical (unpaired) electrons. The lowest BCUT2D eigenvalue weighted by molar-refractivity contribution is -0.137. The Kier molecular flexibility index (Phi) is 9.29. The van der Waals surface area contributed by atoms with E-state index in [4.69, 9.17) is 28.2 Å². The number of aromatic carboxylic acids is 1. The molecule has 4 aromatic carbocycles. The maximum Gasteiger partial charge on any atom is 0.416 e. The van der Waals surface area contributed by atoms with Gasteiger partial charge >= 0.3 is 12.1 Å². The standard InChI is InChI=1S/C33H24Cl2F3N3O4S/c1-46(44,45)40-29-16-23(32(42)43)7-8-24(29)18-41-19-30(27-14-13-26(34)17-28(27)35)39-31(41)15-4-20-2-5-21(6-3-20)22-9-11-25(12-10-22)33(36,37)38/h2-17,19,40H,18H2,1H3,(H,42,43). The number of carboxylic acids is 1. The van der Waals surface area contributed by atoms with Crippen LogP contribution in [0.5, 0.6) is 0 Å². The molecule has 46 heavy (non-hydrogen) atoms. The fraction of sp³-hybridized carbons (Fsp3) is 0.0909. The normalized spacial score (nSPS) is 12.0. The summed E-state index contributed by atoms with van der Waals surface area (Å²) in [6.45, 7) is 0.114. The third-order valence-corrected chi connectivity index (χ3v) is 8.03. The van der Waals surface area contributed by atoms with Crippen LogP contribution in [0.15, 0.2) is 91.1 Å². The van der Waals surface area contributed by atoms with E-state index in [1.165, 1.54) is 30.3 Å². The van der Waals surface area contributed by atoms with Crippen molar-refractivity contribution in [3.8, 4) is 22.4 Å². The lowest BCUT2D eigenvalue weighted by atomic mass is 10.0. The molecule has 0 spiro atoms. The number of alkyl halides is 3. The average Bonchev–Trinajstić information content (AvgIpc) is 3.38. The molecule has 0 aliphatic rings. The SMILES string of the molecule is CS(=O)(=O)Nc1cc(C(=O)O)ccc1Cn1cc(-c2ccc(Cl)cc2Cl)nc1C=Cc1ccc(-c2ccc(C(F)(F)F)cc2)cc1. The first-order valence-corrected chi connectivity index (χ1v) is 16.1. The van der Waals surface area contributed by atoms with E-state index >= 15 is 0 Å². The molecular weight excluding hydrogens is 662 g/mol. The molecule has 236 valence electrons. The van der Waals surface area contributed by atoms with E-state index in [9.17, 15) is 31.5 Å². The quantitative estimate of drug-likeness (QED) is 0.161. The van der Waals surface area contributed by atoms with Crippen LogP contribution < -0.4 is 4.72 Å². The van der Waals surface area contributed by atoms with Crippen molar-refractivity contribution in [2.24, 2.45) is 0 Å². The molecule has 13 heteroatoms. The van der Waals surface area contributed by atoms with E-state index < -0.39 is 27.7 Å². The molecule has 1 aromatic heterocycles. The zero-order valence-electron chi connectivity index (χ0n) is 23.9. The van der Waals surface area contributed by atoms with E-state index in [0.717, 1.165) is 29.5 Å². The fourth-order valence-electron chi connectivity index (χ4n) is 4.65. The van der Waals surface area contributed by atoms with Crippen LogP contribution in [0.1, 0.15) is 32.9 Å². The second-order valence-electron chi connectivity index (χ2n) is 10.3. The molecule has 5 aromatic rings. The highest BCUT2D eigenvalue weighted by Crippen LogP contribution is 2.33. The van der Waals surface area contributed by atoms with Gasteiger partial charge in [0.15, 0.2) is 0 Å². The Morgan fingerprint density at radius 1 is 0.935 bits per heavy atom. The van der Waals surface area contributed by atoms with Crippen LogP contribution in [-0.2, 0) is 22.7 Å². The van der Waals surface area contributed by atoms with Gasteiger partial charge in [0, 0.05) is 16.8 Å². The zero-order valence-corrected chi connectivity index (χ0v) is 26.2. The van der Waals surface area contributed by atoms with Crippen LogP contribution >= 0.6 is 23.2 Å². The number of carboxylic acid groups (broad SMARTS) is 1. The molecular formula is C33H24Cl2F3N3O4S. The largest absolute Gasteiger partial charge is 0.478 e. The van der Waals surface area contributed by atoms with Gasteiger partial charge in [0.25, 0.3) is 0 Å². The number of halogens is 5. The predicted octanol–water partition coefficient (Wildman–Crippen LogP) is 8.83. The van der Waals surface area contributed by atoms with Gasteiger partial charge < -0.3 is 9.67 Å². The monoisotopic (exact) mass is 685 g/mol. The number of imidazole rings is 1. The minimum atomic E-state index is -4.41. The van der Waals surface area contributed by atoms with Crippen molar-refractivity contribution >= 4 is 57.0 Å². The smallest absolute Gasteiger partial charge is 0.416 e. The fourth-order valence-corrected chi connectivity index (χ4v) is 5.75. The number of anilines is 1. The molecule has 0 unspecified atom stereocenters. The van der Waals surface area contributed by atoms with Gasteiger partial charge in [-0.3, -0.25) is 4.72 Å². The Balaban J connectivity index is 1.49. The summed E-state index contributed by atoms with van der Waals surface area (Å²) in [7, 11) is -3.73. The van der Waals surface area contributed by atoms with Crippen LogP contribution in [-0.4, -0.2) is 35.3 Å². The summed E-state index contributed by atoms with van der Waals surface area (Å²) >= 11 is 12.5. The number of hydrogen-bond donors (Lipinski definition) is 2. The number of nitrogens with one attached hydrogen (secondary N) is 1.